The maximum absolute atomic E-state index is 4.39. The van der Waals surface area contributed by atoms with Crippen molar-refractivity contribution in [2.45, 2.75) is 46.2 Å². The first-order chi connectivity index (χ1) is 12.5. The van der Waals surface area contributed by atoms with Crippen molar-refractivity contribution in [3.05, 3.63) is 48.3 Å². The van der Waals surface area contributed by atoms with Gasteiger partial charge in [-0.05, 0) is 23.8 Å². The molecule has 1 saturated heterocycles. The average molecular weight is 354 g/mol. The topological polar surface area (TPSA) is 53.1 Å². The van der Waals surface area contributed by atoms with Gasteiger partial charge >= 0.3 is 0 Å². The number of aromatic nitrogens is 2. The zero-order chi connectivity index (χ0) is 18.4. The standard InChI is InChI=1S/C21H31N5/c1-21(2,3)10-11-22-19-13-20(24-16-23-19)25-18-9-12-26(15-18)14-17-7-5-4-6-8-17/h4-8,13,16,18H,9-12,14-15H2,1-3H3,(H2,22,23,24,25)/t18-/m0/s1. The molecule has 0 radical (unpaired) electrons. The lowest BCUT2D eigenvalue weighted by atomic mass is 9.92. The van der Waals surface area contributed by atoms with E-state index in [-0.39, 0.29) is 0 Å². The van der Waals surface area contributed by atoms with Gasteiger partial charge in [0.25, 0.3) is 0 Å². The molecular weight excluding hydrogens is 322 g/mol. The van der Waals surface area contributed by atoms with E-state index < -0.39 is 0 Å². The van der Waals surface area contributed by atoms with E-state index in [4.69, 9.17) is 0 Å². The second-order valence-electron chi connectivity index (χ2n) is 8.38. The van der Waals surface area contributed by atoms with Crippen molar-refractivity contribution in [3.8, 4) is 0 Å². The number of nitrogens with zero attached hydrogens (tertiary/aromatic N) is 3. The molecule has 3 rings (SSSR count). The lowest BCUT2D eigenvalue weighted by Crippen LogP contribution is -2.26. The van der Waals surface area contributed by atoms with Crippen molar-refractivity contribution in [2.24, 2.45) is 5.41 Å². The van der Waals surface area contributed by atoms with Crippen molar-refractivity contribution in [2.75, 3.05) is 30.3 Å². The Morgan fingerprint density at radius 3 is 2.65 bits per heavy atom. The van der Waals surface area contributed by atoms with Gasteiger partial charge in [-0.2, -0.15) is 0 Å². The lowest BCUT2D eigenvalue weighted by Gasteiger charge is -2.19. The fraction of sp³-hybridized carbons (Fsp3) is 0.524. The van der Waals surface area contributed by atoms with Crippen LogP contribution in [-0.4, -0.2) is 40.5 Å². The molecule has 1 atom stereocenters. The summed E-state index contributed by atoms with van der Waals surface area (Å²) in [4.78, 5) is 11.2. The molecule has 140 valence electrons. The number of hydrogen-bond donors (Lipinski definition) is 2. The lowest BCUT2D eigenvalue weighted by molar-refractivity contribution is 0.328. The predicted molar refractivity (Wildman–Crippen MR) is 108 cm³/mol. The van der Waals surface area contributed by atoms with Crippen LogP contribution in [0.4, 0.5) is 11.6 Å². The van der Waals surface area contributed by atoms with Gasteiger partial charge in [-0.25, -0.2) is 9.97 Å². The summed E-state index contributed by atoms with van der Waals surface area (Å²) in [6.07, 6.45) is 3.89. The third kappa shape index (κ3) is 5.99. The van der Waals surface area contributed by atoms with Gasteiger partial charge in [0.1, 0.15) is 18.0 Å². The van der Waals surface area contributed by atoms with Gasteiger partial charge in [0.05, 0.1) is 0 Å². The summed E-state index contributed by atoms with van der Waals surface area (Å²) in [6, 6.07) is 13.1. The molecule has 1 fully saturated rings. The quantitative estimate of drug-likeness (QED) is 0.788. The Kier molecular flexibility index (Phi) is 6.09. The van der Waals surface area contributed by atoms with E-state index in [1.54, 1.807) is 6.33 Å². The summed E-state index contributed by atoms with van der Waals surface area (Å²) in [7, 11) is 0. The minimum absolute atomic E-state index is 0.327. The first-order valence-corrected chi connectivity index (χ1v) is 9.57. The van der Waals surface area contributed by atoms with Crippen LogP contribution >= 0.6 is 0 Å². The molecule has 26 heavy (non-hydrogen) atoms. The molecule has 2 aromatic rings. The van der Waals surface area contributed by atoms with Gasteiger partial charge in [0.15, 0.2) is 0 Å². The molecule has 5 nitrogen and oxygen atoms in total. The van der Waals surface area contributed by atoms with Crippen LogP contribution in [0.3, 0.4) is 0 Å². The van der Waals surface area contributed by atoms with Crippen LogP contribution in [0.15, 0.2) is 42.7 Å². The molecular formula is C21H31N5. The molecule has 1 aromatic heterocycles. The largest absolute Gasteiger partial charge is 0.370 e. The Labute approximate surface area is 157 Å². The molecule has 0 spiro atoms. The minimum atomic E-state index is 0.327. The van der Waals surface area contributed by atoms with E-state index in [2.05, 4.69) is 76.6 Å². The third-order valence-electron chi connectivity index (χ3n) is 4.72. The van der Waals surface area contributed by atoms with Crippen LogP contribution < -0.4 is 10.6 Å². The van der Waals surface area contributed by atoms with Gasteiger partial charge < -0.3 is 10.6 Å². The minimum Gasteiger partial charge on any atom is -0.370 e. The molecule has 0 bridgehead atoms. The molecule has 1 aliphatic heterocycles. The maximum atomic E-state index is 4.39. The summed E-state index contributed by atoms with van der Waals surface area (Å²) in [5.74, 6) is 1.80. The summed E-state index contributed by atoms with van der Waals surface area (Å²) < 4.78 is 0. The van der Waals surface area contributed by atoms with Crippen molar-refractivity contribution in [3.63, 3.8) is 0 Å². The third-order valence-corrected chi connectivity index (χ3v) is 4.72. The van der Waals surface area contributed by atoms with Crippen LogP contribution in [-0.2, 0) is 6.54 Å². The molecule has 0 saturated carbocycles. The fourth-order valence-electron chi connectivity index (χ4n) is 3.24. The Morgan fingerprint density at radius 1 is 1.12 bits per heavy atom. The Morgan fingerprint density at radius 2 is 1.88 bits per heavy atom. The van der Waals surface area contributed by atoms with Gasteiger partial charge in [0.2, 0.25) is 0 Å². The van der Waals surface area contributed by atoms with Crippen molar-refractivity contribution in [1.29, 1.82) is 0 Å². The SMILES string of the molecule is CC(C)(C)CCNc1cc(N[C@H]2CCN(Cc3ccccc3)C2)ncn1. The number of hydrogen-bond acceptors (Lipinski definition) is 5. The van der Waals surface area contributed by atoms with Crippen LogP contribution in [0, 0.1) is 5.41 Å². The number of nitrogens with one attached hydrogen (secondary N) is 2. The van der Waals surface area contributed by atoms with Crippen LogP contribution in [0.25, 0.3) is 0 Å². The molecule has 2 N–H and O–H groups in total. The summed E-state index contributed by atoms with van der Waals surface area (Å²) in [5.41, 5.74) is 1.70. The summed E-state index contributed by atoms with van der Waals surface area (Å²) >= 11 is 0. The predicted octanol–water partition coefficient (Wildman–Crippen LogP) is 4.01. The highest BCUT2D eigenvalue weighted by Crippen LogP contribution is 2.20. The molecule has 0 unspecified atom stereocenters. The van der Waals surface area contributed by atoms with E-state index in [0.717, 1.165) is 50.7 Å². The van der Waals surface area contributed by atoms with E-state index in [1.807, 2.05) is 6.07 Å². The average Bonchev–Trinajstić information content (AvgIpc) is 3.02. The second-order valence-corrected chi connectivity index (χ2v) is 8.38. The summed E-state index contributed by atoms with van der Waals surface area (Å²) in [5, 5.41) is 6.98. The molecule has 2 heterocycles. The van der Waals surface area contributed by atoms with Crippen LogP contribution in [0.1, 0.15) is 39.2 Å². The Bertz CT molecular complexity index is 680. The Hall–Kier alpha value is -2.14. The first-order valence-electron chi connectivity index (χ1n) is 9.57. The van der Waals surface area contributed by atoms with Crippen molar-refractivity contribution >= 4 is 11.6 Å². The molecule has 5 heteroatoms. The fourth-order valence-corrected chi connectivity index (χ4v) is 3.24. The summed E-state index contributed by atoms with van der Waals surface area (Å²) in [6.45, 7) is 10.9. The van der Waals surface area contributed by atoms with Gasteiger partial charge in [0, 0.05) is 38.3 Å². The monoisotopic (exact) mass is 353 g/mol. The highest BCUT2D eigenvalue weighted by Gasteiger charge is 2.22. The molecule has 1 aromatic carbocycles. The number of rotatable bonds is 7. The van der Waals surface area contributed by atoms with E-state index in [9.17, 15) is 0 Å². The maximum Gasteiger partial charge on any atom is 0.131 e. The van der Waals surface area contributed by atoms with E-state index in [1.165, 1.54) is 5.56 Å². The smallest absolute Gasteiger partial charge is 0.131 e. The Balaban J connectivity index is 1.48. The van der Waals surface area contributed by atoms with Crippen molar-refractivity contribution < 1.29 is 0 Å². The number of benzene rings is 1. The normalized spacial score (nSPS) is 18.0. The second kappa shape index (κ2) is 8.49. The van der Waals surface area contributed by atoms with Crippen LogP contribution in [0.5, 0.6) is 0 Å². The molecule has 1 aliphatic rings. The highest BCUT2D eigenvalue weighted by atomic mass is 15.2. The number of anilines is 2. The zero-order valence-electron chi connectivity index (χ0n) is 16.2. The highest BCUT2D eigenvalue weighted by molar-refractivity contribution is 5.47. The van der Waals surface area contributed by atoms with E-state index >= 15 is 0 Å². The van der Waals surface area contributed by atoms with E-state index in [0.29, 0.717) is 11.5 Å². The van der Waals surface area contributed by atoms with Crippen molar-refractivity contribution in [1.82, 2.24) is 14.9 Å². The van der Waals surface area contributed by atoms with Gasteiger partial charge in [-0.15, -0.1) is 0 Å². The molecule has 0 amide bonds. The first kappa shape index (κ1) is 18.6. The van der Waals surface area contributed by atoms with Crippen LogP contribution in [0.2, 0.25) is 0 Å². The molecule has 0 aliphatic carbocycles. The van der Waals surface area contributed by atoms with Gasteiger partial charge in [-0.1, -0.05) is 51.1 Å². The van der Waals surface area contributed by atoms with Gasteiger partial charge in [-0.3, -0.25) is 4.90 Å². The number of likely N-dealkylation sites (tertiary alicyclic amines) is 1. The zero-order valence-corrected chi connectivity index (χ0v) is 16.2.